The van der Waals surface area contributed by atoms with Crippen molar-refractivity contribution in [2.45, 2.75) is 18.4 Å². The van der Waals surface area contributed by atoms with E-state index in [-0.39, 0.29) is 12.2 Å². The molecule has 7 rings (SSSR count). The second kappa shape index (κ2) is 11.0. The molecule has 2 aliphatic heterocycles. The Morgan fingerprint density at radius 2 is 1.02 bits per heavy atom. The van der Waals surface area contributed by atoms with Crippen LogP contribution in [0.1, 0.15) is 35.1 Å². The average Bonchev–Trinajstić information content (AvgIpc) is 2.97. The van der Waals surface area contributed by atoms with Gasteiger partial charge in [-0.25, -0.2) is 4.98 Å². The van der Waals surface area contributed by atoms with Gasteiger partial charge in [0.1, 0.15) is 18.4 Å². The predicted molar refractivity (Wildman–Crippen MR) is 160 cm³/mol. The molecule has 41 heavy (non-hydrogen) atoms. The van der Waals surface area contributed by atoms with Gasteiger partial charge in [-0.15, -0.1) is 0 Å². The van der Waals surface area contributed by atoms with Gasteiger partial charge in [0.25, 0.3) is 0 Å². The van der Waals surface area contributed by atoms with E-state index in [2.05, 4.69) is 22.8 Å². The van der Waals surface area contributed by atoms with Crippen molar-refractivity contribution in [1.29, 1.82) is 0 Å². The van der Waals surface area contributed by atoms with Crippen LogP contribution in [0, 0.1) is 0 Å². The molecule has 0 amide bonds. The highest BCUT2D eigenvalue weighted by Gasteiger charge is 2.30. The number of hydrogen-bond acceptors (Lipinski definition) is 7. The molecule has 4 aromatic carbocycles. The number of ether oxygens (including phenoxy) is 2. The van der Waals surface area contributed by atoms with Crippen LogP contribution in [0.15, 0.2) is 134 Å². The first-order valence-electron chi connectivity index (χ1n) is 13.5. The molecule has 7 nitrogen and oxygen atoms in total. The van der Waals surface area contributed by atoms with Crippen LogP contribution in [-0.2, 0) is 9.47 Å². The fourth-order valence-electron chi connectivity index (χ4n) is 4.98. The lowest BCUT2D eigenvalue weighted by Crippen LogP contribution is -2.27. The Labute approximate surface area is 238 Å². The molecular formula is C34H27N5O2. The molecule has 3 unspecified atom stereocenters. The van der Waals surface area contributed by atoms with E-state index in [4.69, 9.17) is 24.4 Å². The Morgan fingerprint density at radius 1 is 0.537 bits per heavy atom. The van der Waals surface area contributed by atoms with Crippen molar-refractivity contribution in [2.75, 3.05) is 10.6 Å². The van der Waals surface area contributed by atoms with Crippen LogP contribution in [0.5, 0.6) is 0 Å². The summed E-state index contributed by atoms with van der Waals surface area (Å²) in [7, 11) is 0. The van der Waals surface area contributed by atoms with Crippen molar-refractivity contribution in [3.63, 3.8) is 0 Å². The minimum absolute atomic E-state index is 0.158. The minimum atomic E-state index is -0.423. The third-order valence-corrected chi connectivity index (χ3v) is 7.09. The van der Waals surface area contributed by atoms with Crippen LogP contribution in [0.4, 0.5) is 11.6 Å². The van der Waals surface area contributed by atoms with Gasteiger partial charge in [0.15, 0.2) is 11.6 Å². The molecule has 0 saturated carbocycles. The van der Waals surface area contributed by atoms with E-state index in [1.165, 1.54) is 0 Å². The monoisotopic (exact) mass is 537 g/mol. The number of nitrogens with zero attached hydrogens (tertiary/aromatic N) is 3. The smallest absolute Gasteiger partial charge is 0.228 e. The van der Waals surface area contributed by atoms with Crippen molar-refractivity contribution in [3.8, 4) is 22.8 Å². The zero-order valence-electron chi connectivity index (χ0n) is 22.1. The molecule has 0 bridgehead atoms. The maximum atomic E-state index is 5.81. The van der Waals surface area contributed by atoms with E-state index in [1.54, 1.807) is 12.5 Å². The Balaban J connectivity index is 1.37. The fourth-order valence-corrected chi connectivity index (χ4v) is 4.98. The molecule has 2 aliphatic rings. The van der Waals surface area contributed by atoms with Crippen molar-refractivity contribution in [3.05, 3.63) is 151 Å². The predicted octanol–water partition coefficient (Wildman–Crippen LogP) is 7.60. The Bertz CT molecular complexity index is 1610. The minimum Gasteiger partial charge on any atom is -0.489 e. The second-order valence-corrected chi connectivity index (χ2v) is 9.75. The van der Waals surface area contributed by atoms with E-state index >= 15 is 0 Å². The highest BCUT2D eigenvalue weighted by Crippen LogP contribution is 2.40. The van der Waals surface area contributed by atoms with Gasteiger partial charge in [-0.2, -0.15) is 9.97 Å². The number of nitrogens with one attached hydrogen (secondary N) is 2. The van der Waals surface area contributed by atoms with Crippen molar-refractivity contribution >= 4 is 11.6 Å². The molecule has 1 aromatic heterocycles. The molecular weight excluding hydrogens is 510 g/mol. The van der Waals surface area contributed by atoms with E-state index in [0.29, 0.717) is 17.6 Å². The Morgan fingerprint density at radius 3 is 1.49 bits per heavy atom. The number of rotatable bonds is 9. The summed E-state index contributed by atoms with van der Waals surface area (Å²) in [6.07, 6.45) is 6.79. The molecule has 200 valence electrons. The van der Waals surface area contributed by atoms with Gasteiger partial charge in [0.05, 0.1) is 12.5 Å². The average molecular weight is 538 g/mol. The van der Waals surface area contributed by atoms with Crippen LogP contribution in [-0.4, -0.2) is 15.0 Å². The standard InChI is InChI=1S/C34H27N5O2/c1-4-11-23(12-5-1)31-36-32(24-13-6-2-7-14-24)38-34(37-31)39-33(35-25-15-8-3-9-16-25)30-26(28-19-21-40-28)17-10-18-27(30)29-20-22-41-29/h1-22,28-29,33,35H,(H,36,37,38,39). The Kier molecular flexibility index (Phi) is 6.59. The van der Waals surface area contributed by atoms with Gasteiger partial charge < -0.3 is 20.1 Å². The molecule has 3 atom stereocenters. The molecule has 0 radical (unpaired) electrons. The summed E-state index contributed by atoms with van der Waals surface area (Å²) < 4.78 is 11.6. The zero-order chi connectivity index (χ0) is 27.4. The molecule has 0 aliphatic carbocycles. The van der Waals surface area contributed by atoms with Gasteiger partial charge >= 0.3 is 0 Å². The van der Waals surface area contributed by atoms with Crippen LogP contribution in [0.25, 0.3) is 22.8 Å². The lowest BCUT2D eigenvalue weighted by Gasteiger charge is -2.32. The number of para-hydroxylation sites is 1. The van der Waals surface area contributed by atoms with Gasteiger partial charge in [-0.3, -0.25) is 0 Å². The SMILES string of the molecule is C1=CC(c2cccc(C3C=CO3)c2C(Nc2ccccc2)Nc2nc(-c3ccccc3)nc(-c3ccccc3)n2)O1. The number of anilines is 2. The van der Waals surface area contributed by atoms with Gasteiger partial charge in [0.2, 0.25) is 5.95 Å². The lowest BCUT2D eigenvalue weighted by molar-refractivity contribution is 0.134. The van der Waals surface area contributed by atoms with E-state index in [1.807, 2.05) is 109 Å². The summed E-state index contributed by atoms with van der Waals surface area (Å²) in [6.45, 7) is 0. The third-order valence-electron chi connectivity index (χ3n) is 7.09. The Hall–Kier alpha value is -5.43. The first kappa shape index (κ1) is 24.6. The van der Waals surface area contributed by atoms with Crippen LogP contribution in [0.3, 0.4) is 0 Å². The number of benzene rings is 4. The maximum Gasteiger partial charge on any atom is 0.228 e. The number of aromatic nitrogens is 3. The highest BCUT2D eigenvalue weighted by molar-refractivity contribution is 5.63. The number of hydrogen-bond donors (Lipinski definition) is 2. The van der Waals surface area contributed by atoms with Gasteiger partial charge in [-0.05, 0) is 24.3 Å². The van der Waals surface area contributed by atoms with E-state index in [9.17, 15) is 0 Å². The lowest BCUT2D eigenvalue weighted by atomic mass is 9.90. The first-order chi connectivity index (χ1) is 20.3. The summed E-state index contributed by atoms with van der Waals surface area (Å²) >= 11 is 0. The second-order valence-electron chi connectivity index (χ2n) is 9.75. The van der Waals surface area contributed by atoms with E-state index < -0.39 is 6.17 Å². The molecule has 7 heteroatoms. The summed E-state index contributed by atoms with van der Waals surface area (Å²) in [5, 5.41) is 7.30. The summed E-state index contributed by atoms with van der Waals surface area (Å²) in [4.78, 5) is 14.6. The van der Waals surface area contributed by atoms with Gasteiger partial charge in [-0.1, -0.05) is 97.1 Å². The molecule has 0 saturated heterocycles. The van der Waals surface area contributed by atoms with E-state index in [0.717, 1.165) is 33.5 Å². The van der Waals surface area contributed by atoms with Crippen molar-refractivity contribution in [2.24, 2.45) is 0 Å². The summed E-state index contributed by atoms with van der Waals surface area (Å²) in [5.41, 5.74) is 5.85. The molecule has 2 N–H and O–H groups in total. The molecule has 0 spiro atoms. The van der Waals surface area contributed by atoms with Crippen LogP contribution in [0.2, 0.25) is 0 Å². The molecule has 5 aromatic rings. The summed E-state index contributed by atoms with van der Waals surface area (Å²) in [6, 6.07) is 36.2. The maximum absolute atomic E-state index is 5.81. The summed E-state index contributed by atoms with van der Waals surface area (Å²) in [5.74, 6) is 1.62. The highest BCUT2D eigenvalue weighted by atomic mass is 16.5. The van der Waals surface area contributed by atoms with Crippen LogP contribution >= 0.6 is 0 Å². The normalized spacial score (nSPS) is 17.4. The van der Waals surface area contributed by atoms with Gasteiger partial charge in [0, 0.05) is 33.5 Å². The topological polar surface area (TPSA) is 81.2 Å². The quantitative estimate of drug-likeness (QED) is 0.187. The first-order valence-corrected chi connectivity index (χ1v) is 13.5. The largest absolute Gasteiger partial charge is 0.489 e. The zero-order valence-corrected chi connectivity index (χ0v) is 22.1. The van der Waals surface area contributed by atoms with Crippen LogP contribution < -0.4 is 10.6 Å². The molecule has 3 heterocycles. The fraction of sp³-hybridized carbons (Fsp3) is 0.0882. The van der Waals surface area contributed by atoms with Crippen molar-refractivity contribution in [1.82, 2.24) is 15.0 Å². The third kappa shape index (κ3) is 5.13. The van der Waals surface area contributed by atoms with Crippen molar-refractivity contribution < 1.29 is 9.47 Å². The molecule has 0 fully saturated rings.